The molecule has 19 heavy (non-hydrogen) atoms. The maximum atomic E-state index is 9.03. The molecule has 102 valence electrons. The molecule has 1 aromatic heterocycles. The molecule has 0 bridgehead atoms. The van der Waals surface area contributed by atoms with Crippen LogP contribution in [0.5, 0.6) is 0 Å². The quantitative estimate of drug-likeness (QED) is 0.919. The lowest BCUT2D eigenvalue weighted by Gasteiger charge is -2.30. The van der Waals surface area contributed by atoms with Crippen molar-refractivity contribution in [2.75, 3.05) is 31.1 Å². The van der Waals surface area contributed by atoms with E-state index in [4.69, 9.17) is 16.9 Å². The number of aromatic nitrogens is 1. The average Bonchev–Trinajstić information content (AvgIpc) is 2.46. The van der Waals surface area contributed by atoms with Crippen LogP contribution in [0, 0.1) is 17.2 Å². The molecule has 1 fully saturated rings. The molecule has 1 unspecified atom stereocenters. The lowest BCUT2D eigenvalue weighted by Crippen LogP contribution is -2.38. The minimum absolute atomic E-state index is 0.468. The average molecular weight is 279 g/mol. The monoisotopic (exact) mass is 278 g/mol. The smallest absolute Gasteiger partial charge is 0.148 e. The van der Waals surface area contributed by atoms with Crippen LogP contribution in [0.4, 0.5) is 5.82 Å². The molecule has 1 aromatic rings. The minimum atomic E-state index is 0.468. The van der Waals surface area contributed by atoms with Crippen molar-refractivity contribution in [2.24, 2.45) is 5.92 Å². The van der Waals surface area contributed by atoms with E-state index < -0.39 is 0 Å². The number of nitriles is 1. The van der Waals surface area contributed by atoms with Crippen molar-refractivity contribution >= 4 is 17.4 Å². The summed E-state index contributed by atoms with van der Waals surface area (Å²) in [6.07, 6.45) is 4.11. The second kappa shape index (κ2) is 6.74. The summed E-state index contributed by atoms with van der Waals surface area (Å²) in [5, 5.41) is 12.9. The van der Waals surface area contributed by atoms with E-state index in [0.29, 0.717) is 16.5 Å². The second-order valence-electron chi connectivity index (χ2n) is 4.86. The lowest BCUT2D eigenvalue weighted by atomic mass is 9.99. The van der Waals surface area contributed by atoms with E-state index in [1.165, 1.54) is 12.8 Å². The molecule has 1 saturated heterocycles. The van der Waals surface area contributed by atoms with Crippen LogP contribution < -0.4 is 10.2 Å². The number of anilines is 1. The molecule has 1 N–H and O–H groups in total. The fraction of sp³-hybridized carbons (Fsp3) is 0.571. The Bertz CT molecular complexity index is 463. The Kier molecular flexibility index (Phi) is 5.00. The van der Waals surface area contributed by atoms with Crippen LogP contribution >= 0.6 is 11.6 Å². The number of halogens is 1. The molecule has 0 radical (unpaired) electrons. The Labute approximate surface area is 119 Å². The van der Waals surface area contributed by atoms with Crippen LogP contribution in [0.15, 0.2) is 12.3 Å². The Hall–Kier alpha value is -1.31. The van der Waals surface area contributed by atoms with E-state index in [9.17, 15) is 0 Å². The van der Waals surface area contributed by atoms with Crippen LogP contribution in [0.2, 0.25) is 5.02 Å². The molecule has 1 atom stereocenters. The van der Waals surface area contributed by atoms with E-state index in [1.54, 1.807) is 12.3 Å². The highest BCUT2D eigenvalue weighted by Crippen LogP contribution is 2.27. The van der Waals surface area contributed by atoms with E-state index >= 15 is 0 Å². The van der Waals surface area contributed by atoms with Crippen LogP contribution in [0.25, 0.3) is 0 Å². The molecule has 1 aliphatic rings. The lowest BCUT2D eigenvalue weighted by molar-refractivity contribution is 0.377. The summed E-state index contributed by atoms with van der Waals surface area (Å²) >= 11 is 6.26. The van der Waals surface area contributed by atoms with Gasteiger partial charge in [-0.1, -0.05) is 11.6 Å². The molecule has 2 rings (SSSR count). The van der Waals surface area contributed by atoms with Crippen molar-refractivity contribution in [3.8, 4) is 6.07 Å². The van der Waals surface area contributed by atoms with E-state index in [1.807, 2.05) is 0 Å². The molecule has 1 aliphatic heterocycles. The summed E-state index contributed by atoms with van der Waals surface area (Å²) in [5.74, 6) is 1.35. The zero-order chi connectivity index (χ0) is 13.7. The zero-order valence-electron chi connectivity index (χ0n) is 11.2. The second-order valence-corrected chi connectivity index (χ2v) is 5.24. The molecular weight excluding hydrogens is 260 g/mol. The predicted octanol–water partition coefficient (Wildman–Crippen LogP) is 2.43. The molecule has 0 aliphatic carbocycles. The SMILES string of the molecule is CCN(CC1CCCNC1)c1nccc(C#N)c1Cl. The van der Waals surface area contributed by atoms with Gasteiger partial charge in [0, 0.05) is 19.3 Å². The Balaban J connectivity index is 2.15. The summed E-state index contributed by atoms with van der Waals surface area (Å²) in [6.45, 7) is 6.04. The highest BCUT2D eigenvalue weighted by molar-refractivity contribution is 6.34. The van der Waals surface area contributed by atoms with Gasteiger partial charge in [-0.3, -0.25) is 0 Å². The number of piperidine rings is 1. The van der Waals surface area contributed by atoms with Gasteiger partial charge in [0.2, 0.25) is 0 Å². The van der Waals surface area contributed by atoms with Gasteiger partial charge in [-0.15, -0.1) is 0 Å². The third-order valence-corrected chi connectivity index (χ3v) is 3.92. The van der Waals surface area contributed by atoms with Crippen LogP contribution in [-0.2, 0) is 0 Å². The number of nitrogens with zero attached hydrogens (tertiary/aromatic N) is 3. The van der Waals surface area contributed by atoms with Crippen molar-refractivity contribution in [1.29, 1.82) is 5.26 Å². The Morgan fingerprint density at radius 1 is 1.63 bits per heavy atom. The van der Waals surface area contributed by atoms with Crippen LogP contribution in [0.3, 0.4) is 0 Å². The van der Waals surface area contributed by atoms with Crippen LogP contribution in [-0.4, -0.2) is 31.2 Å². The number of rotatable bonds is 4. The number of pyridine rings is 1. The van der Waals surface area contributed by atoms with E-state index in [2.05, 4.69) is 28.2 Å². The largest absolute Gasteiger partial charge is 0.355 e. The number of nitrogens with one attached hydrogen (secondary N) is 1. The van der Waals surface area contributed by atoms with E-state index in [-0.39, 0.29) is 0 Å². The topological polar surface area (TPSA) is 52.0 Å². The molecule has 0 amide bonds. The van der Waals surface area contributed by atoms with E-state index in [0.717, 1.165) is 32.0 Å². The van der Waals surface area contributed by atoms with Gasteiger partial charge in [0.25, 0.3) is 0 Å². The van der Waals surface area contributed by atoms with Gasteiger partial charge in [0.05, 0.1) is 5.56 Å². The minimum Gasteiger partial charge on any atom is -0.355 e. The van der Waals surface area contributed by atoms with Gasteiger partial charge in [0.1, 0.15) is 16.9 Å². The normalized spacial score (nSPS) is 18.9. The third-order valence-electron chi connectivity index (χ3n) is 3.55. The zero-order valence-corrected chi connectivity index (χ0v) is 12.0. The molecule has 0 spiro atoms. The highest BCUT2D eigenvalue weighted by atomic mass is 35.5. The fourth-order valence-corrected chi connectivity index (χ4v) is 2.77. The third kappa shape index (κ3) is 3.37. The highest BCUT2D eigenvalue weighted by Gasteiger charge is 2.19. The first kappa shape index (κ1) is 14.1. The first-order chi connectivity index (χ1) is 9.26. The van der Waals surface area contributed by atoms with Gasteiger partial charge in [-0.05, 0) is 44.8 Å². The van der Waals surface area contributed by atoms with Gasteiger partial charge < -0.3 is 10.2 Å². The standard InChI is InChI=1S/C14H19ClN4/c1-2-19(10-11-4-3-6-17-9-11)14-13(15)12(8-16)5-7-18-14/h5,7,11,17H,2-4,6,9-10H2,1H3. The van der Waals surface area contributed by atoms with Gasteiger partial charge in [0.15, 0.2) is 0 Å². The molecule has 0 saturated carbocycles. The summed E-state index contributed by atoms with van der Waals surface area (Å²) in [6, 6.07) is 3.76. The summed E-state index contributed by atoms with van der Waals surface area (Å²) < 4.78 is 0. The van der Waals surface area contributed by atoms with Crippen molar-refractivity contribution < 1.29 is 0 Å². The molecule has 0 aromatic carbocycles. The molecule has 4 nitrogen and oxygen atoms in total. The summed E-state index contributed by atoms with van der Waals surface area (Å²) in [4.78, 5) is 6.51. The number of hydrogen-bond acceptors (Lipinski definition) is 4. The van der Waals surface area contributed by atoms with Crippen molar-refractivity contribution in [3.63, 3.8) is 0 Å². The van der Waals surface area contributed by atoms with Crippen molar-refractivity contribution in [2.45, 2.75) is 19.8 Å². The van der Waals surface area contributed by atoms with Gasteiger partial charge in [-0.25, -0.2) is 4.98 Å². The first-order valence-corrected chi connectivity index (χ1v) is 7.14. The van der Waals surface area contributed by atoms with Gasteiger partial charge in [-0.2, -0.15) is 5.26 Å². The Morgan fingerprint density at radius 2 is 2.47 bits per heavy atom. The van der Waals surface area contributed by atoms with Crippen molar-refractivity contribution in [1.82, 2.24) is 10.3 Å². The van der Waals surface area contributed by atoms with Crippen LogP contribution in [0.1, 0.15) is 25.3 Å². The number of hydrogen-bond donors (Lipinski definition) is 1. The summed E-state index contributed by atoms with van der Waals surface area (Å²) in [7, 11) is 0. The first-order valence-electron chi connectivity index (χ1n) is 6.76. The fourth-order valence-electron chi connectivity index (χ4n) is 2.50. The van der Waals surface area contributed by atoms with Crippen molar-refractivity contribution in [3.05, 3.63) is 22.8 Å². The molecule has 2 heterocycles. The molecular formula is C14H19ClN4. The maximum absolute atomic E-state index is 9.03. The Morgan fingerprint density at radius 3 is 3.11 bits per heavy atom. The van der Waals surface area contributed by atoms with Gasteiger partial charge >= 0.3 is 0 Å². The molecule has 5 heteroatoms. The predicted molar refractivity (Wildman–Crippen MR) is 77.4 cm³/mol. The maximum Gasteiger partial charge on any atom is 0.148 e. The summed E-state index contributed by atoms with van der Waals surface area (Å²) in [5.41, 5.74) is 0.492.